The number of likely N-dealkylation sites (N-methyl/N-ethyl adjacent to an activating group) is 1. The van der Waals surface area contributed by atoms with Crippen LogP contribution in [0.2, 0.25) is 0 Å². The van der Waals surface area contributed by atoms with Crippen LogP contribution in [0.5, 0.6) is 5.75 Å². The highest BCUT2D eigenvalue weighted by atomic mass is 32.1. The summed E-state index contributed by atoms with van der Waals surface area (Å²) < 4.78 is 7.07. The second kappa shape index (κ2) is 8.79. The molecule has 0 N–H and O–H groups in total. The maximum absolute atomic E-state index is 5.91. The summed E-state index contributed by atoms with van der Waals surface area (Å²) >= 11 is 1.69. The zero-order valence-electron chi connectivity index (χ0n) is 14.8. The summed E-state index contributed by atoms with van der Waals surface area (Å²) in [4.78, 5) is 7.03. The van der Waals surface area contributed by atoms with E-state index < -0.39 is 0 Å². The van der Waals surface area contributed by atoms with Crippen molar-refractivity contribution in [3.63, 3.8) is 0 Å². The normalized spacial score (nSPS) is 11.6. The van der Waals surface area contributed by atoms with Gasteiger partial charge in [0.15, 0.2) is 0 Å². The first-order valence-electron chi connectivity index (χ1n) is 8.77. The zero-order chi connectivity index (χ0) is 17.5. The van der Waals surface area contributed by atoms with E-state index >= 15 is 0 Å². The maximum atomic E-state index is 5.91. The Labute approximate surface area is 153 Å². The van der Waals surface area contributed by atoms with Crippen LogP contribution in [0.3, 0.4) is 0 Å². The molecule has 3 nitrogen and oxygen atoms in total. The third kappa shape index (κ3) is 4.91. The lowest BCUT2D eigenvalue weighted by atomic mass is 10.2. The molecular formula is C21H24N2OS. The maximum Gasteiger partial charge on any atom is 0.120 e. The van der Waals surface area contributed by atoms with Crippen molar-refractivity contribution >= 4 is 33.7 Å². The molecule has 1 heterocycles. The van der Waals surface area contributed by atoms with E-state index in [0.717, 1.165) is 40.6 Å². The van der Waals surface area contributed by atoms with Crippen molar-refractivity contribution in [2.45, 2.75) is 13.8 Å². The van der Waals surface area contributed by atoms with Gasteiger partial charge in [0, 0.05) is 6.54 Å². The summed E-state index contributed by atoms with van der Waals surface area (Å²) in [6.07, 6.45) is 4.17. The minimum Gasteiger partial charge on any atom is -0.492 e. The van der Waals surface area contributed by atoms with Gasteiger partial charge in [0.1, 0.15) is 17.4 Å². The van der Waals surface area contributed by atoms with Crippen LogP contribution < -0.4 is 4.74 Å². The van der Waals surface area contributed by atoms with Crippen LogP contribution in [0.15, 0.2) is 48.5 Å². The van der Waals surface area contributed by atoms with Gasteiger partial charge in [-0.05, 0) is 42.9 Å². The molecule has 130 valence electrons. The lowest BCUT2D eigenvalue weighted by molar-refractivity contribution is 0.223. The highest BCUT2D eigenvalue weighted by Gasteiger charge is 2.04. The number of rotatable bonds is 8. The van der Waals surface area contributed by atoms with Crippen molar-refractivity contribution in [1.82, 2.24) is 9.88 Å². The topological polar surface area (TPSA) is 25.4 Å². The molecule has 0 atom stereocenters. The molecule has 0 saturated carbocycles. The van der Waals surface area contributed by atoms with Gasteiger partial charge in [-0.3, -0.25) is 0 Å². The van der Waals surface area contributed by atoms with E-state index in [1.807, 2.05) is 30.3 Å². The van der Waals surface area contributed by atoms with Gasteiger partial charge in [-0.25, -0.2) is 4.98 Å². The summed E-state index contributed by atoms with van der Waals surface area (Å²) in [6.45, 7) is 8.15. The molecular weight excluding hydrogens is 328 g/mol. The minimum atomic E-state index is 0.715. The number of fused-ring (bicyclic) bond motifs is 1. The molecule has 0 aliphatic carbocycles. The summed E-state index contributed by atoms with van der Waals surface area (Å²) in [7, 11) is 0. The lowest BCUT2D eigenvalue weighted by Gasteiger charge is -2.17. The highest BCUT2D eigenvalue weighted by Crippen LogP contribution is 2.27. The molecule has 0 spiro atoms. The Morgan fingerprint density at radius 2 is 1.84 bits per heavy atom. The fourth-order valence-corrected chi connectivity index (χ4v) is 3.55. The average Bonchev–Trinajstić information content (AvgIpc) is 3.06. The molecule has 25 heavy (non-hydrogen) atoms. The molecule has 0 fully saturated rings. The highest BCUT2D eigenvalue weighted by molar-refractivity contribution is 7.19. The number of aromatic nitrogens is 1. The van der Waals surface area contributed by atoms with Crippen LogP contribution in [-0.2, 0) is 0 Å². The van der Waals surface area contributed by atoms with Crippen molar-refractivity contribution in [3.05, 3.63) is 59.1 Å². The Hall–Kier alpha value is -2.17. The molecule has 0 aliphatic heterocycles. The number of benzene rings is 2. The van der Waals surface area contributed by atoms with Gasteiger partial charge in [-0.15, -0.1) is 11.3 Å². The van der Waals surface area contributed by atoms with Crippen LogP contribution in [0.1, 0.15) is 24.4 Å². The quantitative estimate of drug-likeness (QED) is 0.558. The van der Waals surface area contributed by atoms with Gasteiger partial charge < -0.3 is 9.64 Å². The molecule has 0 bridgehead atoms. The molecule has 0 saturated heterocycles. The number of thiazole rings is 1. The Kier molecular flexibility index (Phi) is 6.20. The van der Waals surface area contributed by atoms with E-state index in [9.17, 15) is 0 Å². The Morgan fingerprint density at radius 1 is 1.04 bits per heavy atom. The summed E-state index contributed by atoms with van der Waals surface area (Å²) in [6, 6.07) is 16.4. The molecule has 0 unspecified atom stereocenters. The summed E-state index contributed by atoms with van der Waals surface area (Å²) in [5.41, 5.74) is 2.20. The van der Waals surface area contributed by atoms with Crippen molar-refractivity contribution in [2.75, 3.05) is 26.2 Å². The Morgan fingerprint density at radius 3 is 2.60 bits per heavy atom. The lowest BCUT2D eigenvalue weighted by Crippen LogP contribution is -2.27. The summed E-state index contributed by atoms with van der Waals surface area (Å²) in [5.74, 6) is 0.918. The minimum absolute atomic E-state index is 0.715. The molecule has 1 aromatic heterocycles. The molecule has 0 amide bonds. The molecule has 2 aromatic carbocycles. The molecule has 0 radical (unpaired) electrons. The molecule has 4 heteroatoms. The SMILES string of the molecule is CCN(CC)CCOc1ccc2nc(C=Cc3ccccc3)sc2c1. The van der Waals surface area contributed by atoms with Crippen molar-refractivity contribution in [1.29, 1.82) is 0 Å². The second-order valence-corrected chi connectivity index (χ2v) is 6.86. The number of hydrogen-bond acceptors (Lipinski definition) is 4. The first kappa shape index (κ1) is 17.6. The molecule has 0 aliphatic rings. The van der Waals surface area contributed by atoms with Crippen molar-refractivity contribution < 1.29 is 4.74 Å². The third-order valence-electron chi connectivity index (χ3n) is 4.17. The average molecular weight is 353 g/mol. The Bertz CT molecular complexity index is 822. The van der Waals surface area contributed by atoms with Crippen LogP contribution >= 0.6 is 11.3 Å². The van der Waals surface area contributed by atoms with Crippen LogP contribution in [0.4, 0.5) is 0 Å². The van der Waals surface area contributed by atoms with Crippen LogP contribution in [-0.4, -0.2) is 36.1 Å². The van der Waals surface area contributed by atoms with Gasteiger partial charge >= 0.3 is 0 Å². The number of nitrogens with zero attached hydrogens (tertiary/aromatic N) is 2. The molecule has 3 rings (SSSR count). The van der Waals surface area contributed by atoms with E-state index in [0.29, 0.717) is 6.61 Å². The smallest absolute Gasteiger partial charge is 0.120 e. The summed E-state index contributed by atoms with van der Waals surface area (Å²) in [5, 5.41) is 1.01. The fraction of sp³-hybridized carbons (Fsp3) is 0.286. The van der Waals surface area contributed by atoms with Crippen LogP contribution in [0.25, 0.3) is 22.4 Å². The fourth-order valence-electron chi connectivity index (χ4n) is 2.65. The predicted octanol–water partition coefficient (Wildman–Crippen LogP) is 5.19. The standard InChI is InChI=1S/C21H24N2OS/c1-3-23(4-2)14-15-24-18-11-12-19-20(16-18)25-21(22-19)13-10-17-8-6-5-7-9-17/h5-13,16H,3-4,14-15H2,1-2H3. The van der Waals surface area contributed by atoms with Crippen LogP contribution in [0, 0.1) is 0 Å². The zero-order valence-corrected chi connectivity index (χ0v) is 15.6. The van der Waals surface area contributed by atoms with E-state index in [-0.39, 0.29) is 0 Å². The van der Waals surface area contributed by atoms with E-state index in [1.165, 1.54) is 5.56 Å². The van der Waals surface area contributed by atoms with Gasteiger partial charge in [-0.2, -0.15) is 0 Å². The van der Waals surface area contributed by atoms with Crippen molar-refractivity contribution in [3.8, 4) is 5.75 Å². The van der Waals surface area contributed by atoms with E-state index in [1.54, 1.807) is 11.3 Å². The largest absolute Gasteiger partial charge is 0.492 e. The van der Waals surface area contributed by atoms with E-state index in [2.05, 4.69) is 54.1 Å². The van der Waals surface area contributed by atoms with Gasteiger partial charge in [0.05, 0.1) is 10.2 Å². The predicted molar refractivity (Wildman–Crippen MR) is 108 cm³/mol. The van der Waals surface area contributed by atoms with Crippen molar-refractivity contribution in [2.24, 2.45) is 0 Å². The van der Waals surface area contributed by atoms with Gasteiger partial charge in [-0.1, -0.05) is 50.3 Å². The first-order chi connectivity index (χ1) is 12.3. The van der Waals surface area contributed by atoms with E-state index in [4.69, 9.17) is 4.74 Å². The van der Waals surface area contributed by atoms with Gasteiger partial charge in [0.25, 0.3) is 0 Å². The molecule has 3 aromatic rings. The Balaban J connectivity index is 1.66. The van der Waals surface area contributed by atoms with Gasteiger partial charge in [0.2, 0.25) is 0 Å². The monoisotopic (exact) mass is 352 g/mol. The number of ether oxygens (including phenoxy) is 1. The second-order valence-electron chi connectivity index (χ2n) is 5.80. The third-order valence-corrected chi connectivity index (χ3v) is 5.15. The first-order valence-corrected chi connectivity index (χ1v) is 9.59. The number of hydrogen-bond donors (Lipinski definition) is 0.